The highest BCUT2D eigenvalue weighted by Crippen LogP contribution is 2.28. The summed E-state index contributed by atoms with van der Waals surface area (Å²) in [5.74, 6) is 1.65. The number of likely N-dealkylation sites (tertiary alicyclic amines) is 1. The highest BCUT2D eigenvalue weighted by Gasteiger charge is 2.27. The predicted octanol–water partition coefficient (Wildman–Crippen LogP) is 1.59. The molecule has 1 amide bonds. The van der Waals surface area contributed by atoms with E-state index in [0.29, 0.717) is 6.61 Å². The number of nitrogens with one attached hydrogen (secondary N) is 2. The van der Waals surface area contributed by atoms with Gasteiger partial charge in [0.15, 0.2) is 5.96 Å². The lowest BCUT2D eigenvalue weighted by Crippen LogP contribution is -2.44. The largest absolute Gasteiger partial charge is 0.444 e. The van der Waals surface area contributed by atoms with Crippen LogP contribution in [0.3, 0.4) is 0 Å². The van der Waals surface area contributed by atoms with Gasteiger partial charge in [-0.2, -0.15) is 0 Å². The molecule has 0 spiro atoms. The molecular formula is C17H32N4O3. The summed E-state index contributed by atoms with van der Waals surface area (Å²) in [5.41, 5.74) is -0.472. The lowest BCUT2D eigenvalue weighted by atomic mass is 10.2. The van der Waals surface area contributed by atoms with Crippen LogP contribution in [0.1, 0.15) is 40.0 Å². The Bertz CT molecular complexity index is 444. The topological polar surface area (TPSA) is 75.2 Å². The van der Waals surface area contributed by atoms with Crippen LogP contribution in [-0.4, -0.2) is 68.5 Å². The molecule has 0 aromatic heterocycles. The summed E-state index contributed by atoms with van der Waals surface area (Å²) in [6.07, 6.45) is 3.16. The zero-order valence-electron chi connectivity index (χ0n) is 15.4. The van der Waals surface area contributed by atoms with Gasteiger partial charge in [0.1, 0.15) is 5.60 Å². The Kier molecular flexibility index (Phi) is 6.71. The maximum absolute atomic E-state index is 11.9. The fourth-order valence-corrected chi connectivity index (χ4v) is 2.65. The SMILES string of the molecule is CN=C(NCCOCC1CC1)N1CCC(NC(=O)OC(C)(C)C)C1. The van der Waals surface area contributed by atoms with Gasteiger partial charge in [0.2, 0.25) is 0 Å². The first-order valence-corrected chi connectivity index (χ1v) is 8.90. The first-order chi connectivity index (χ1) is 11.4. The van der Waals surface area contributed by atoms with Crippen LogP contribution < -0.4 is 10.6 Å². The van der Waals surface area contributed by atoms with E-state index in [9.17, 15) is 4.79 Å². The van der Waals surface area contributed by atoms with E-state index >= 15 is 0 Å². The molecule has 2 N–H and O–H groups in total. The molecule has 1 saturated heterocycles. The molecule has 0 aromatic carbocycles. The first kappa shape index (κ1) is 18.8. The van der Waals surface area contributed by atoms with Crippen LogP contribution in [0.15, 0.2) is 4.99 Å². The van der Waals surface area contributed by atoms with Gasteiger partial charge in [-0.1, -0.05) is 0 Å². The average molecular weight is 340 g/mol. The van der Waals surface area contributed by atoms with Crippen LogP contribution in [0, 0.1) is 5.92 Å². The summed E-state index contributed by atoms with van der Waals surface area (Å²) < 4.78 is 10.9. The van der Waals surface area contributed by atoms with Crippen molar-refractivity contribution >= 4 is 12.1 Å². The second kappa shape index (κ2) is 8.55. The van der Waals surface area contributed by atoms with Crippen LogP contribution in [-0.2, 0) is 9.47 Å². The minimum atomic E-state index is -0.472. The quantitative estimate of drug-likeness (QED) is 0.436. The lowest BCUT2D eigenvalue weighted by molar-refractivity contribution is 0.0507. The average Bonchev–Trinajstić information content (AvgIpc) is 3.19. The van der Waals surface area contributed by atoms with Gasteiger partial charge in [-0.05, 0) is 46.0 Å². The number of rotatable bonds is 6. The van der Waals surface area contributed by atoms with Crippen molar-refractivity contribution in [1.82, 2.24) is 15.5 Å². The molecule has 2 aliphatic rings. The molecule has 1 aliphatic carbocycles. The molecule has 7 nitrogen and oxygen atoms in total. The number of nitrogens with zero attached hydrogens (tertiary/aromatic N) is 2. The van der Waals surface area contributed by atoms with E-state index in [1.807, 2.05) is 20.8 Å². The molecule has 138 valence electrons. The molecule has 0 aromatic rings. The van der Waals surface area contributed by atoms with E-state index in [2.05, 4.69) is 20.5 Å². The molecule has 2 fully saturated rings. The predicted molar refractivity (Wildman–Crippen MR) is 94.3 cm³/mol. The van der Waals surface area contributed by atoms with Gasteiger partial charge < -0.3 is 25.0 Å². The van der Waals surface area contributed by atoms with Crippen molar-refractivity contribution < 1.29 is 14.3 Å². The Labute approximate surface area is 145 Å². The van der Waals surface area contributed by atoms with Crippen molar-refractivity contribution in [3.8, 4) is 0 Å². The molecule has 1 aliphatic heterocycles. The molecule has 1 unspecified atom stereocenters. The number of alkyl carbamates (subject to hydrolysis) is 1. The van der Waals surface area contributed by atoms with Gasteiger partial charge in [-0.15, -0.1) is 0 Å². The summed E-state index contributed by atoms with van der Waals surface area (Å²) >= 11 is 0. The normalized spacial score (nSPS) is 21.8. The van der Waals surface area contributed by atoms with Crippen LogP contribution in [0.2, 0.25) is 0 Å². The maximum atomic E-state index is 11.9. The molecule has 0 bridgehead atoms. The molecule has 1 heterocycles. The molecule has 1 saturated carbocycles. The fraction of sp³-hybridized carbons (Fsp3) is 0.882. The van der Waals surface area contributed by atoms with Crippen molar-refractivity contribution in [1.29, 1.82) is 0 Å². The number of hydrogen-bond acceptors (Lipinski definition) is 4. The van der Waals surface area contributed by atoms with Gasteiger partial charge in [0, 0.05) is 33.3 Å². The summed E-state index contributed by atoms with van der Waals surface area (Å²) in [4.78, 5) is 18.3. The molecule has 1 atom stereocenters. The molecular weight excluding hydrogens is 308 g/mol. The minimum Gasteiger partial charge on any atom is -0.444 e. The van der Waals surface area contributed by atoms with Crippen molar-refractivity contribution in [2.75, 3.05) is 39.9 Å². The number of amides is 1. The van der Waals surface area contributed by atoms with E-state index < -0.39 is 5.60 Å². The fourth-order valence-electron chi connectivity index (χ4n) is 2.65. The molecule has 2 rings (SSSR count). The highest BCUT2D eigenvalue weighted by molar-refractivity contribution is 5.80. The smallest absolute Gasteiger partial charge is 0.407 e. The summed E-state index contributed by atoms with van der Waals surface area (Å²) in [6, 6.07) is 0.0875. The van der Waals surface area contributed by atoms with Gasteiger partial charge in [0.25, 0.3) is 0 Å². The Hall–Kier alpha value is -1.50. The van der Waals surface area contributed by atoms with E-state index in [-0.39, 0.29) is 12.1 Å². The first-order valence-electron chi connectivity index (χ1n) is 8.90. The standard InChI is InChI=1S/C17H32N4O3/c1-17(2,3)24-16(22)20-14-7-9-21(11-14)15(18-4)19-8-10-23-12-13-5-6-13/h13-14H,5-12H2,1-4H3,(H,18,19)(H,20,22). The monoisotopic (exact) mass is 340 g/mol. The van der Waals surface area contributed by atoms with Crippen LogP contribution in [0.5, 0.6) is 0 Å². The zero-order chi connectivity index (χ0) is 17.6. The Morgan fingerprint density at radius 3 is 2.67 bits per heavy atom. The van der Waals surface area contributed by atoms with E-state index in [1.165, 1.54) is 12.8 Å². The number of guanidine groups is 1. The van der Waals surface area contributed by atoms with E-state index in [4.69, 9.17) is 9.47 Å². The third kappa shape index (κ3) is 6.95. The Morgan fingerprint density at radius 1 is 1.29 bits per heavy atom. The highest BCUT2D eigenvalue weighted by atomic mass is 16.6. The van der Waals surface area contributed by atoms with E-state index in [1.54, 1.807) is 7.05 Å². The van der Waals surface area contributed by atoms with Crippen LogP contribution in [0.4, 0.5) is 4.79 Å². The number of carbonyl (C=O) groups is 1. The zero-order valence-corrected chi connectivity index (χ0v) is 15.4. The maximum Gasteiger partial charge on any atom is 0.407 e. The minimum absolute atomic E-state index is 0.0875. The summed E-state index contributed by atoms with van der Waals surface area (Å²) in [5, 5.41) is 6.25. The lowest BCUT2D eigenvalue weighted by Gasteiger charge is -2.23. The Balaban J connectivity index is 1.65. The van der Waals surface area contributed by atoms with Gasteiger partial charge in [-0.25, -0.2) is 4.79 Å². The third-order valence-corrected chi connectivity index (χ3v) is 4.00. The van der Waals surface area contributed by atoms with Crippen molar-refractivity contribution in [3.63, 3.8) is 0 Å². The second-order valence-electron chi connectivity index (χ2n) is 7.57. The number of ether oxygens (including phenoxy) is 2. The van der Waals surface area contributed by atoms with Crippen molar-refractivity contribution in [3.05, 3.63) is 0 Å². The number of aliphatic imine (C=N–C) groups is 1. The third-order valence-electron chi connectivity index (χ3n) is 4.00. The number of carbonyl (C=O) groups excluding carboxylic acids is 1. The van der Waals surface area contributed by atoms with Crippen molar-refractivity contribution in [2.45, 2.75) is 51.7 Å². The van der Waals surface area contributed by atoms with Gasteiger partial charge >= 0.3 is 6.09 Å². The number of hydrogen-bond donors (Lipinski definition) is 2. The second-order valence-corrected chi connectivity index (χ2v) is 7.57. The summed E-state index contributed by atoms with van der Waals surface area (Å²) in [6.45, 7) is 9.53. The molecule has 0 radical (unpaired) electrons. The van der Waals surface area contributed by atoms with Crippen LogP contribution in [0.25, 0.3) is 0 Å². The molecule has 7 heteroatoms. The van der Waals surface area contributed by atoms with Gasteiger partial charge in [0.05, 0.1) is 12.6 Å². The Morgan fingerprint density at radius 2 is 2.04 bits per heavy atom. The van der Waals surface area contributed by atoms with Crippen molar-refractivity contribution in [2.24, 2.45) is 10.9 Å². The van der Waals surface area contributed by atoms with E-state index in [0.717, 1.165) is 44.5 Å². The molecule has 24 heavy (non-hydrogen) atoms. The van der Waals surface area contributed by atoms with Gasteiger partial charge in [-0.3, -0.25) is 4.99 Å². The summed E-state index contributed by atoms with van der Waals surface area (Å²) in [7, 11) is 1.78. The van der Waals surface area contributed by atoms with Crippen LogP contribution >= 0.6 is 0 Å².